The summed E-state index contributed by atoms with van der Waals surface area (Å²) < 4.78 is 38.2. The van der Waals surface area contributed by atoms with Crippen LogP contribution in [-0.4, -0.2) is 93.4 Å². The molecule has 9 nitrogen and oxygen atoms in total. The fraction of sp³-hybridized carbons (Fsp3) is 0.462. The van der Waals surface area contributed by atoms with E-state index in [1.807, 2.05) is 36.4 Å². The zero-order chi connectivity index (χ0) is 25.5. The van der Waals surface area contributed by atoms with Gasteiger partial charge in [-0.1, -0.05) is 30.3 Å². The molecule has 0 saturated carbocycles. The molecule has 0 amide bonds. The average Bonchev–Trinajstić information content (AvgIpc) is 2.86. The first kappa shape index (κ1) is 26.1. The van der Waals surface area contributed by atoms with Crippen LogP contribution >= 0.6 is 0 Å². The largest absolute Gasteiger partial charge is 0.491 e. The molecule has 2 aromatic carbocycles. The third-order valence-corrected chi connectivity index (χ3v) is 7.71. The first-order valence-electron chi connectivity index (χ1n) is 12.0. The van der Waals surface area contributed by atoms with Gasteiger partial charge in [-0.3, -0.25) is 9.80 Å². The summed E-state index contributed by atoms with van der Waals surface area (Å²) in [7, 11) is -3.32. The molecular weight excluding hydrogens is 478 g/mol. The van der Waals surface area contributed by atoms with Crippen molar-refractivity contribution in [3.05, 3.63) is 65.2 Å². The summed E-state index contributed by atoms with van der Waals surface area (Å²) in [5.74, 6) is 0.488. The monoisotopic (exact) mass is 509 g/mol. The number of fused-ring (bicyclic) bond motifs is 2. The summed E-state index contributed by atoms with van der Waals surface area (Å²) >= 11 is 0. The van der Waals surface area contributed by atoms with Crippen LogP contribution < -0.4 is 4.74 Å². The summed E-state index contributed by atoms with van der Waals surface area (Å²) in [6.07, 6.45) is 1.38. The topological polar surface area (TPSA) is 110 Å². The van der Waals surface area contributed by atoms with Gasteiger partial charge in [0.1, 0.15) is 18.4 Å². The van der Waals surface area contributed by atoms with E-state index in [4.69, 9.17) is 14.7 Å². The lowest BCUT2D eigenvalue weighted by Crippen LogP contribution is -2.60. The normalized spacial score (nSPS) is 20.6. The SMILES string of the molecule is CS(=O)(=O)N(CCN1CC2CN(CCOc3ccc(C#N)cc3C#N)CC(C1)O2)Cc1ccccc1. The molecular formula is C26H31N5O4S. The summed E-state index contributed by atoms with van der Waals surface area (Å²) in [6, 6.07) is 18.6. The first-order valence-corrected chi connectivity index (χ1v) is 13.8. The van der Waals surface area contributed by atoms with Crippen molar-refractivity contribution in [1.29, 1.82) is 10.5 Å². The second-order valence-electron chi connectivity index (χ2n) is 9.26. The molecule has 2 atom stereocenters. The lowest BCUT2D eigenvalue weighted by Gasteiger charge is -2.46. The van der Waals surface area contributed by atoms with Crippen molar-refractivity contribution in [2.75, 3.05) is 58.7 Å². The van der Waals surface area contributed by atoms with Crippen LogP contribution in [0, 0.1) is 22.7 Å². The third-order valence-electron chi connectivity index (χ3n) is 6.46. The van der Waals surface area contributed by atoms with E-state index in [9.17, 15) is 13.7 Å². The quantitative estimate of drug-likeness (QED) is 0.476. The van der Waals surface area contributed by atoms with Gasteiger partial charge >= 0.3 is 0 Å². The second kappa shape index (κ2) is 11.8. The van der Waals surface area contributed by atoms with Crippen molar-refractivity contribution in [3.8, 4) is 17.9 Å². The minimum absolute atomic E-state index is 0.0582. The molecule has 0 N–H and O–H groups in total. The van der Waals surface area contributed by atoms with Crippen molar-refractivity contribution in [2.24, 2.45) is 0 Å². The van der Waals surface area contributed by atoms with E-state index in [1.54, 1.807) is 12.1 Å². The van der Waals surface area contributed by atoms with Crippen molar-refractivity contribution in [3.63, 3.8) is 0 Å². The Hall–Kier alpha value is -2.99. The molecule has 2 aromatic rings. The second-order valence-corrected chi connectivity index (χ2v) is 11.2. The van der Waals surface area contributed by atoms with Crippen LogP contribution in [0.25, 0.3) is 0 Å². The van der Waals surface area contributed by atoms with Gasteiger partial charge in [-0.2, -0.15) is 14.8 Å². The van der Waals surface area contributed by atoms with Crippen LogP contribution in [0.2, 0.25) is 0 Å². The number of nitriles is 2. The molecule has 2 bridgehead atoms. The molecule has 2 aliphatic heterocycles. The number of morpholine rings is 2. The molecule has 2 heterocycles. The number of ether oxygens (including phenoxy) is 2. The van der Waals surface area contributed by atoms with Gasteiger partial charge in [0.15, 0.2) is 0 Å². The Morgan fingerprint density at radius 3 is 2.28 bits per heavy atom. The number of nitrogens with zero attached hydrogens (tertiary/aromatic N) is 5. The molecule has 190 valence electrons. The third kappa shape index (κ3) is 7.03. The summed E-state index contributed by atoms with van der Waals surface area (Å²) in [6.45, 7) is 5.68. The predicted octanol–water partition coefficient (Wildman–Crippen LogP) is 1.66. The van der Waals surface area contributed by atoms with E-state index in [1.165, 1.54) is 16.6 Å². The molecule has 2 aliphatic rings. The van der Waals surface area contributed by atoms with E-state index in [-0.39, 0.29) is 12.2 Å². The van der Waals surface area contributed by atoms with Crippen molar-refractivity contribution < 1.29 is 17.9 Å². The van der Waals surface area contributed by atoms with E-state index in [2.05, 4.69) is 15.9 Å². The van der Waals surface area contributed by atoms with Crippen LogP contribution in [0.5, 0.6) is 5.75 Å². The minimum Gasteiger partial charge on any atom is -0.491 e. The molecule has 4 rings (SSSR count). The molecule has 10 heteroatoms. The standard InChI is InChI=1S/C26H31N5O4S/c1-36(32,33)31(16-21-5-3-2-4-6-21)10-9-29-17-24-19-30(20-25(18-29)35-24)11-12-34-26-8-7-22(14-27)13-23(26)15-28/h2-8,13,24-25H,9-12,16-20H2,1H3. The summed E-state index contributed by atoms with van der Waals surface area (Å²) in [5, 5.41) is 18.3. The maximum atomic E-state index is 12.4. The van der Waals surface area contributed by atoms with Gasteiger partial charge in [0.05, 0.1) is 35.7 Å². The van der Waals surface area contributed by atoms with Gasteiger partial charge in [-0.15, -0.1) is 0 Å². The lowest BCUT2D eigenvalue weighted by molar-refractivity contribution is -0.139. The van der Waals surface area contributed by atoms with Gasteiger partial charge in [-0.25, -0.2) is 8.42 Å². The number of hydrogen-bond donors (Lipinski definition) is 0. The number of benzene rings is 2. The van der Waals surface area contributed by atoms with Crippen LogP contribution in [0.15, 0.2) is 48.5 Å². The van der Waals surface area contributed by atoms with Gasteiger partial charge in [-0.05, 0) is 23.8 Å². The Morgan fingerprint density at radius 2 is 1.67 bits per heavy atom. The van der Waals surface area contributed by atoms with Crippen LogP contribution in [0.1, 0.15) is 16.7 Å². The first-order chi connectivity index (χ1) is 17.3. The Morgan fingerprint density at radius 1 is 1.00 bits per heavy atom. The Labute approximate surface area is 213 Å². The van der Waals surface area contributed by atoms with Crippen molar-refractivity contribution in [1.82, 2.24) is 14.1 Å². The zero-order valence-corrected chi connectivity index (χ0v) is 21.2. The predicted molar refractivity (Wildman–Crippen MR) is 135 cm³/mol. The lowest BCUT2D eigenvalue weighted by atomic mass is 10.1. The average molecular weight is 510 g/mol. The fourth-order valence-electron chi connectivity index (χ4n) is 4.73. The van der Waals surface area contributed by atoms with E-state index in [0.717, 1.165) is 31.7 Å². The molecule has 2 saturated heterocycles. The highest BCUT2D eigenvalue weighted by molar-refractivity contribution is 7.88. The Balaban J connectivity index is 1.25. The molecule has 2 unspecified atom stereocenters. The van der Waals surface area contributed by atoms with Crippen LogP contribution in [-0.2, 0) is 21.3 Å². The van der Waals surface area contributed by atoms with E-state index >= 15 is 0 Å². The van der Waals surface area contributed by atoms with Gasteiger partial charge < -0.3 is 9.47 Å². The molecule has 0 radical (unpaired) electrons. The fourth-order valence-corrected chi connectivity index (χ4v) is 5.52. The highest BCUT2D eigenvalue weighted by Crippen LogP contribution is 2.21. The maximum absolute atomic E-state index is 12.4. The summed E-state index contributed by atoms with van der Waals surface area (Å²) in [5.41, 5.74) is 1.77. The molecule has 0 spiro atoms. The van der Waals surface area contributed by atoms with Gasteiger partial charge in [0.25, 0.3) is 0 Å². The van der Waals surface area contributed by atoms with E-state index in [0.29, 0.717) is 49.7 Å². The highest BCUT2D eigenvalue weighted by atomic mass is 32.2. The molecule has 36 heavy (non-hydrogen) atoms. The van der Waals surface area contributed by atoms with Gasteiger partial charge in [0, 0.05) is 52.4 Å². The van der Waals surface area contributed by atoms with Crippen molar-refractivity contribution in [2.45, 2.75) is 18.8 Å². The zero-order valence-electron chi connectivity index (χ0n) is 20.4. The number of rotatable bonds is 10. The van der Waals surface area contributed by atoms with E-state index < -0.39 is 10.0 Å². The van der Waals surface area contributed by atoms with Crippen molar-refractivity contribution >= 4 is 10.0 Å². The smallest absolute Gasteiger partial charge is 0.211 e. The maximum Gasteiger partial charge on any atom is 0.211 e. The molecule has 0 aromatic heterocycles. The number of hydrogen-bond acceptors (Lipinski definition) is 8. The minimum atomic E-state index is -3.32. The number of sulfonamides is 1. The summed E-state index contributed by atoms with van der Waals surface area (Å²) in [4.78, 5) is 4.61. The molecule has 0 aliphatic carbocycles. The highest BCUT2D eigenvalue weighted by Gasteiger charge is 2.35. The Kier molecular flexibility index (Phi) is 8.57. The van der Waals surface area contributed by atoms with Gasteiger partial charge in [0.2, 0.25) is 10.0 Å². The van der Waals surface area contributed by atoms with Crippen LogP contribution in [0.3, 0.4) is 0 Å². The van der Waals surface area contributed by atoms with Crippen LogP contribution in [0.4, 0.5) is 0 Å². The molecule has 2 fully saturated rings. The Bertz CT molecular complexity index is 1210.